The SMILES string of the molecule is CC(C)(C(=O)Nc1ccc(OC(F)(F)F)c(Br)c1)C(N)=S. The summed E-state index contributed by atoms with van der Waals surface area (Å²) in [4.78, 5) is 12.0. The van der Waals surface area contributed by atoms with Gasteiger partial charge in [0.1, 0.15) is 5.75 Å². The highest BCUT2D eigenvalue weighted by Crippen LogP contribution is 2.33. The van der Waals surface area contributed by atoms with Crippen molar-refractivity contribution in [3.8, 4) is 5.75 Å². The fourth-order valence-electron chi connectivity index (χ4n) is 1.19. The quantitative estimate of drug-likeness (QED) is 0.778. The van der Waals surface area contributed by atoms with Crippen LogP contribution >= 0.6 is 28.1 Å². The normalized spacial score (nSPS) is 11.9. The van der Waals surface area contributed by atoms with Crippen LogP contribution in [-0.4, -0.2) is 17.3 Å². The molecule has 0 aliphatic rings. The lowest BCUT2D eigenvalue weighted by atomic mass is 9.92. The molecule has 0 bridgehead atoms. The van der Waals surface area contributed by atoms with Gasteiger partial charge < -0.3 is 15.8 Å². The molecule has 0 aliphatic heterocycles. The molecular weight excluding hydrogens is 373 g/mol. The zero-order chi connectivity index (χ0) is 16.4. The Kier molecular flexibility index (Phi) is 5.21. The van der Waals surface area contributed by atoms with Gasteiger partial charge in [0.25, 0.3) is 0 Å². The van der Waals surface area contributed by atoms with Gasteiger partial charge in [0.15, 0.2) is 0 Å². The summed E-state index contributed by atoms with van der Waals surface area (Å²) in [6, 6.07) is 3.65. The van der Waals surface area contributed by atoms with Gasteiger partial charge in [0.2, 0.25) is 5.91 Å². The minimum absolute atomic E-state index is 0.0103. The van der Waals surface area contributed by atoms with Crippen molar-refractivity contribution >= 4 is 44.7 Å². The number of nitrogens with two attached hydrogens (primary N) is 1. The van der Waals surface area contributed by atoms with E-state index in [4.69, 9.17) is 18.0 Å². The Morgan fingerprint density at radius 1 is 1.38 bits per heavy atom. The number of nitrogens with one attached hydrogen (secondary N) is 1. The van der Waals surface area contributed by atoms with Gasteiger partial charge in [-0.05, 0) is 48.0 Å². The lowest BCUT2D eigenvalue weighted by Gasteiger charge is -2.22. The second kappa shape index (κ2) is 6.18. The highest BCUT2D eigenvalue weighted by atomic mass is 79.9. The first-order valence-corrected chi connectivity index (χ1v) is 6.80. The fourth-order valence-corrected chi connectivity index (χ4v) is 1.74. The monoisotopic (exact) mass is 384 g/mol. The van der Waals surface area contributed by atoms with E-state index in [1.165, 1.54) is 12.1 Å². The molecule has 1 rings (SSSR count). The van der Waals surface area contributed by atoms with E-state index in [-0.39, 0.29) is 15.1 Å². The molecule has 0 saturated heterocycles. The van der Waals surface area contributed by atoms with Crippen molar-refractivity contribution in [2.24, 2.45) is 11.1 Å². The maximum Gasteiger partial charge on any atom is 0.573 e. The van der Waals surface area contributed by atoms with Gasteiger partial charge in [-0.15, -0.1) is 13.2 Å². The summed E-state index contributed by atoms with van der Waals surface area (Å²) in [5, 5.41) is 2.52. The molecule has 0 fully saturated rings. The van der Waals surface area contributed by atoms with Crippen LogP contribution < -0.4 is 15.8 Å². The summed E-state index contributed by atoms with van der Waals surface area (Å²) in [5.41, 5.74) is 4.67. The van der Waals surface area contributed by atoms with Crippen LogP contribution in [0, 0.1) is 5.41 Å². The van der Waals surface area contributed by atoms with Crippen molar-refractivity contribution < 1.29 is 22.7 Å². The van der Waals surface area contributed by atoms with Crippen molar-refractivity contribution in [1.82, 2.24) is 0 Å². The molecule has 116 valence electrons. The molecule has 21 heavy (non-hydrogen) atoms. The molecule has 4 nitrogen and oxygen atoms in total. The van der Waals surface area contributed by atoms with Gasteiger partial charge in [0, 0.05) is 5.69 Å². The number of benzene rings is 1. The van der Waals surface area contributed by atoms with Crippen LogP contribution in [0.25, 0.3) is 0 Å². The summed E-state index contributed by atoms with van der Waals surface area (Å²) in [7, 11) is 0. The second-order valence-corrected chi connectivity index (χ2v) is 5.93. The summed E-state index contributed by atoms with van der Waals surface area (Å²) in [6.45, 7) is 3.09. The maximum atomic E-state index is 12.1. The zero-order valence-corrected chi connectivity index (χ0v) is 13.4. The van der Waals surface area contributed by atoms with E-state index in [0.29, 0.717) is 0 Å². The Balaban J connectivity index is 2.91. The zero-order valence-electron chi connectivity index (χ0n) is 11.0. The van der Waals surface area contributed by atoms with Crippen molar-refractivity contribution in [2.75, 3.05) is 5.32 Å². The van der Waals surface area contributed by atoms with Crippen molar-refractivity contribution in [3.63, 3.8) is 0 Å². The largest absolute Gasteiger partial charge is 0.573 e. The smallest absolute Gasteiger partial charge is 0.405 e. The Morgan fingerprint density at radius 3 is 2.38 bits per heavy atom. The molecule has 3 N–H and O–H groups in total. The van der Waals surface area contributed by atoms with Gasteiger partial charge in [-0.2, -0.15) is 0 Å². The third kappa shape index (κ3) is 4.85. The number of anilines is 1. The lowest BCUT2D eigenvalue weighted by Crippen LogP contribution is -2.41. The molecule has 0 radical (unpaired) electrons. The molecule has 9 heteroatoms. The standard InChI is InChI=1S/C12H12BrF3N2O2S/c1-11(2,9(17)21)10(19)18-6-3-4-8(7(13)5-6)20-12(14,15)16/h3-5H,1-2H3,(H2,17,21)(H,18,19). The van der Waals surface area contributed by atoms with Crippen molar-refractivity contribution in [1.29, 1.82) is 0 Å². The molecule has 0 spiro atoms. The maximum absolute atomic E-state index is 12.1. The number of carbonyl (C=O) groups excluding carboxylic acids is 1. The van der Waals surface area contributed by atoms with Gasteiger partial charge in [-0.1, -0.05) is 12.2 Å². The number of carbonyl (C=O) groups is 1. The van der Waals surface area contributed by atoms with E-state index in [0.717, 1.165) is 6.07 Å². The summed E-state index contributed by atoms with van der Waals surface area (Å²) in [6.07, 6.45) is -4.79. The topological polar surface area (TPSA) is 64.3 Å². The van der Waals surface area contributed by atoms with Crippen LogP contribution in [0.5, 0.6) is 5.75 Å². The first-order chi connectivity index (χ1) is 9.43. The van der Waals surface area contributed by atoms with E-state index < -0.39 is 23.4 Å². The number of amides is 1. The number of rotatable bonds is 4. The summed E-state index contributed by atoms with van der Waals surface area (Å²) in [5.74, 6) is -0.875. The number of hydrogen-bond donors (Lipinski definition) is 2. The fraction of sp³-hybridized carbons (Fsp3) is 0.333. The summed E-state index contributed by atoms with van der Waals surface area (Å²) >= 11 is 7.74. The first kappa shape index (κ1) is 17.7. The van der Waals surface area contributed by atoms with E-state index >= 15 is 0 Å². The highest BCUT2D eigenvalue weighted by Gasteiger charge is 2.33. The van der Waals surface area contributed by atoms with E-state index in [1.54, 1.807) is 13.8 Å². The molecule has 0 aromatic heterocycles. The Bertz CT molecular complexity index is 576. The van der Waals surface area contributed by atoms with Crippen molar-refractivity contribution in [3.05, 3.63) is 22.7 Å². The van der Waals surface area contributed by atoms with E-state index in [1.807, 2.05) is 0 Å². The van der Waals surface area contributed by atoms with Gasteiger partial charge in [-0.25, -0.2) is 0 Å². The number of halogens is 4. The minimum atomic E-state index is -4.79. The van der Waals surface area contributed by atoms with Gasteiger partial charge >= 0.3 is 6.36 Å². The van der Waals surface area contributed by atoms with Crippen LogP contribution in [-0.2, 0) is 4.79 Å². The van der Waals surface area contributed by atoms with Crippen molar-refractivity contribution in [2.45, 2.75) is 20.2 Å². The third-order valence-electron chi connectivity index (χ3n) is 2.60. The predicted octanol–water partition coefficient (Wildman–Crippen LogP) is 3.60. The summed E-state index contributed by atoms with van der Waals surface area (Å²) < 4.78 is 40.3. The number of alkyl halides is 3. The van der Waals surface area contributed by atoms with Crippen LogP contribution in [0.1, 0.15) is 13.8 Å². The average molecular weight is 385 g/mol. The van der Waals surface area contributed by atoms with Crippen LogP contribution in [0.3, 0.4) is 0 Å². The van der Waals surface area contributed by atoms with E-state index in [9.17, 15) is 18.0 Å². The number of thiocarbonyl (C=S) groups is 1. The molecule has 1 aromatic carbocycles. The average Bonchev–Trinajstić information content (AvgIpc) is 2.30. The van der Waals surface area contributed by atoms with E-state index in [2.05, 4.69) is 26.0 Å². The molecule has 1 aromatic rings. The molecule has 0 unspecified atom stereocenters. The van der Waals surface area contributed by atoms with Crippen LogP contribution in [0.15, 0.2) is 22.7 Å². The molecule has 0 aliphatic carbocycles. The van der Waals surface area contributed by atoms with Crippen LogP contribution in [0.2, 0.25) is 0 Å². The molecule has 0 heterocycles. The number of hydrogen-bond acceptors (Lipinski definition) is 3. The molecule has 0 saturated carbocycles. The van der Waals surface area contributed by atoms with Gasteiger partial charge in [-0.3, -0.25) is 4.79 Å². The minimum Gasteiger partial charge on any atom is -0.405 e. The van der Waals surface area contributed by atoms with Crippen LogP contribution in [0.4, 0.5) is 18.9 Å². The second-order valence-electron chi connectivity index (χ2n) is 4.64. The lowest BCUT2D eigenvalue weighted by molar-refractivity contribution is -0.274. The first-order valence-electron chi connectivity index (χ1n) is 5.60. The Morgan fingerprint density at radius 2 is 1.95 bits per heavy atom. The highest BCUT2D eigenvalue weighted by molar-refractivity contribution is 9.10. The molecule has 1 amide bonds. The Hall–Kier alpha value is -1.35. The Labute approximate surface area is 133 Å². The number of ether oxygens (including phenoxy) is 1. The molecular formula is C12H12BrF3N2O2S. The van der Waals surface area contributed by atoms with Gasteiger partial charge in [0.05, 0.1) is 14.9 Å². The molecule has 0 atom stereocenters. The third-order valence-corrected chi connectivity index (χ3v) is 3.73. The predicted molar refractivity (Wildman–Crippen MR) is 80.0 cm³/mol.